The molecular formula is C48H30N2O. The summed E-state index contributed by atoms with van der Waals surface area (Å²) in [4.78, 5) is 0. The number of hydrogen-bond donors (Lipinski definition) is 0. The highest BCUT2D eigenvalue weighted by atomic mass is 16.3. The minimum Gasteiger partial charge on any atom is -0.455 e. The topological polar surface area (TPSA) is 23.0 Å². The van der Waals surface area contributed by atoms with E-state index in [4.69, 9.17) is 4.42 Å². The van der Waals surface area contributed by atoms with E-state index >= 15 is 0 Å². The number of furan rings is 1. The molecule has 0 aliphatic carbocycles. The number of para-hydroxylation sites is 5. The minimum atomic E-state index is 0.890. The van der Waals surface area contributed by atoms with Gasteiger partial charge in [0, 0.05) is 49.3 Å². The zero-order valence-corrected chi connectivity index (χ0v) is 27.6. The molecule has 0 N–H and O–H groups in total. The molecule has 11 rings (SSSR count). The number of benzene rings is 8. The SMILES string of the molecule is c1ccc(-n2c3ccccc3c3cc(-c4ccc5oc6c(-c7cccc(-n8c9ccccc9c9ccccc98)c7)cccc6c5c4)ccc32)cc1. The molecule has 11 aromatic rings. The normalized spacial score (nSPS) is 11.9. The van der Waals surface area contributed by atoms with Crippen LogP contribution >= 0.6 is 0 Å². The first-order valence-corrected chi connectivity index (χ1v) is 17.4. The van der Waals surface area contributed by atoms with Gasteiger partial charge in [0.15, 0.2) is 0 Å². The van der Waals surface area contributed by atoms with Crippen molar-refractivity contribution in [2.24, 2.45) is 0 Å². The highest BCUT2D eigenvalue weighted by Crippen LogP contribution is 2.40. The third kappa shape index (κ3) is 4.19. The fraction of sp³-hybridized carbons (Fsp3) is 0. The summed E-state index contributed by atoms with van der Waals surface area (Å²) < 4.78 is 11.4. The lowest BCUT2D eigenvalue weighted by Gasteiger charge is -2.10. The van der Waals surface area contributed by atoms with E-state index in [9.17, 15) is 0 Å². The van der Waals surface area contributed by atoms with Crippen LogP contribution in [-0.2, 0) is 0 Å². The lowest BCUT2D eigenvalue weighted by Crippen LogP contribution is -1.94. The Labute approximate surface area is 293 Å². The van der Waals surface area contributed by atoms with E-state index in [1.54, 1.807) is 0 Å². The molecule has 0 atom stereocenters. The molecule has 0 saturated heterocycles. The van der Waals surface area contributed by atoms with Crippen molar-refractivity contribution in [3.8, 4) is 33.6 Å². The Morgan fingerprint density at radius 2 is 0.843 bits per heavy atom. The summed E-state index contributed by atoms with van der Waals surface area (Å²) in [6.45, 7) is 0. The van der Waals surface area contributed by atoms with Gasteiger partial charge in [-0.2, -0.15) is 0 Å². The molecule has 238 valence electrons. The molecule has 3 heteroatoms. The molecule has 3 heterocycles. The first kappa shape index (κ1) is 28.0. The molecule has 8 aromatic carbocycles. The average molecular weight is 651 g/mol. The molecule has 0 amide bonds. The monoisotopic (exact) mass is 650 g/mol. The molecule has 0 bridgehead atoms. The maximum Gasteiger partial charge on any atom is 0.143 e. The van der Waals surface area contributed by atoms with Crippen LogP contribution in [0.5, 0.6) is 0 Å². The van der Waals surface area contributed by atoms with Gasteiger partial charge in [-0.3, -0.25) is 0 Å². The number of fused-ring (bicyclic) bond motifs is 9. The van der Waals surface area contributed by atoms with Crippen molar-refractivity contribution in [1.29, 1.82) is 0 Å². The fourth-order valence-corrected chi connectivity index (χ4v) is 8.23. The summed E-state index contributed by atoms with van der Waals surface area (Å²) in [7, 11) is 0. The Morgan fingerprint density at radius 1 is 0.314 bits per heavy atom. The zero-order chi connectivity index (χ0) is 33.5. The number of aromatic nitrogens is 2. The summed E-state index contributed by atoms with van der Waals surface area (Å²) in [5, 5.41) is 7.25. The van der Waals surface area contributed by atoms with Crippen LogP contribution in [0, 0.1) is 0 Å². The molecule has 0 fully saturated rings. The quantitative estimate of drug-likeness (QED) is 0.186. The zero-order valence-electron chi connectivity index (χ0n) is 27.6. The minimum absolute atomic E-state index is 0.890. The molecule has 0 spiro atoms. The van der Waals surface area contributed by atoms with E-state index < -0.39 is 0 Å². The average Bonchev–Trinajstić information content (AvgIpc) is 3.85. The Morgan fingerprint density at radius 3 is 1.57 bits per heavy atom. The number of hydrogen-bond acceptors (Lipinski definition) is 1. The summed E-state index contributed by atoms with van der Waals surface area (Å²) >= 11 is 0. The predicted molar refractivity (Wildman–Crippen MR) is 213 cm³/mol. The molecule has 0 unspecified atom stereocenters. The van der Waals surface area contributed by atoms with E-state index in [1.165, 1.54) is 60.4 Å². The summed E-state index contributed by atoms with van der Waals surface area (Å²) in [6.07, 6.45) is 0. The van der Waals surface area contributed by atoms with Gasteiger partial charge in [0.25, 0.3) is 0 Å². The second kappa shape index (κ2) is 10.8. The molecule has 0 aliphatic heterocycles. The van der Waals surface area contributed by atoms with Crippen LogP contribution in [0.4, 0.5) is 0 Å². The first-order valence-electron chi connectivity index (χ1n) is 17.4. The maximum absolute atomic E-state index is 6.67. The van der Waals surface area contributed by atoms with Gasteiger partial charge in [-0.25, -0.2) is 0 Å². The van der Waals surface area contributed by atoms with Crippen LogP contribution in [0.15, 0.2) is 186 Å². The standard InChI is InChI=1S/C48H30N2O/c1-2-13-34(14-3-1)49-45-23-9-6-18-39(45)41-29-31(24-26-46(41)49)32-25-27-47-42(30-32)40-20-11-19-36(48(40)51-47)33-12-10-15-35(28-33)50-43-21-7-4-16-37(43)38-17-5-8-22-44(38)50/h1-30H. The fourth-order valence-electron chi connectivity index (χ4n) is 8.23. The molecule has 3 aromatic heterocycles. The van der Waals surface area contributed by atoms with Gasteiger partial charge in [0.2, 0.25) is 0 Å². The van der Waals surface area contributed by atoms with Crippen LogP contribution in [0.1, 0.15) is 0 Å². The van der Waals surface area contributed by atoms with Crippen LogP contribution in [0.2, 0.25) is 0 Å². The largest absolute Gasteiger partial charge is 0.455 e. The second-order valence-corrected chi connectivity index (χ2v) is 13.3. The van der Waals surface area contributed by atoms with Crippen molar-refractivity contribution in [3.05, 3.63) is 182 Å². The van der Waals surface area contributed by atoms with E-state index in [0.717, 1.165) is 38.8 Å². The third-order valence-corrected chi connectivity index (χ3v) is 10.5. The summed E-state index contributed by atoms with van der Waals surface area (Å²) in [5.74, 6) is 0. The predicted octanol–water partition coefficient (Wildman–Crippen LogP) is 13.1. The van der Waals surface area contributed by atoms with E-state index in [-0.39, 0.29) is 0 Å². The van der Waals surface area contributed by atoms with Gasteiger partial charge in [-0.15, -0.1) is 0 Å². The van der Waals surface area contributed by atoms with E-state index in [0.29, 0.717) is 0 Å². The summed E-state index contributed by atoms with van der Waals surface area (Å²) in [6, 6.07) is 65.4. The first-order chi connectivity index (χ1) is 25.3. The van der Waals surface area contributed by atoms with Crippen molar-refractivity contribution in [2.75, 3.05) is 0 Å². The van der Waals surface area contributed by atoms with Gasteiger partial charge in [0.05, 0.1) is 22.1 Å². The van der Waals surface area contributed by atoms with Crippen LogP contribution in [0.3, 0.4) is 0 Å². The molecule has 3 nitrogen and oxygen atoms in total. The molecule has 0 aliphatic rings. The van der Waals surface area contributed by atoms with Crippen LogP contribution < -0.4 is 0 Å². The lowest BCUT2D eigenvalue weighted by molar-refractivity contribution is 0.670. The Kier molecular flexibility index (Phi) is 5.96. The Balaban J connectivity index is 1.04. The van der Waals surface area contributed by atoms with Crippen LogP contribution in [-0.4, -0.2) is 9.13 Å². The van der Waals surface area contributed by atoms with Crippen molar-refractivity contribution < 1.29 is 4.42 Å². The van der Waals surface area contributed by atoms with E-state index in [1.807, 2.05) is 0 Å². The van der Waals surface area contributed by atoms with Crippen molar-refractivity contribution in [2.45, 2.75) is 0 Å². The van der Waals surface area contributed by atoms with Gasteiger partial charge in [0.1, 0.15) is 11.2 Å². The van der Waals surface area contributed by atoms with Gasteiger partial charge < -0.3 is 13.6 Å². The van der Waals surface area contributed by atoms with Crippen molar-refractivity contribution >= 4 is 65.6 Å². The molecule has 0 saturated carbocycles. The van der Waals surface area contributed by atoms with Crippen molar-refractivity contribution in [1.82, 2.24) is 9.13 Å². The van der Waals surface area contributed by atoms with Crippen molar-refractivity contribution in [3.63, 3.8) is 0 Å². The van der Waals surface area contributed by atoms with Crippen LogP contribution in [0.25, 0.3) is 99.2 Å². The second-order valence-electron chi connectivity index (χ2n) is 13.3. The van der Waals surface area contributed by atoms with Gasteiger partial charge in [-0.05, 0) is 83.4 Å². The Bertz CT molecular complexity index is 3090. The smallest absolute Gasteiger partial charge is 0.143 e. The molecule has 51 heavy (non-hydrogen) atoms. The number of nitrogens with zero attached hydrogens (tertiary/aromatic N) is 2. The lowest BCUT2D eigenvalue weighted by atomic mass is 9.99. The van der Waals surface area contributed by atoms with E-state index in [2.05, 4.69) is 191 Å². The highest BCUT2D eigenvalue weighted by molar-refractivity contribution is 6.13. The summed E-state index contributed by atoms with van der Waals surface area (Å²) in [5.41, 5.74) is 13.5. The third-order valence-electron chi connectivity index (χ3n) is 10.5. The molecule has 0 radical (unpaired) electrons. The van der Waals surface area contributed by atoms with Gasteiger partial charge in [-0.1, -0.05) is 115 Å². The Hall–Kier alpha value is -6.84. The molecular weight excluding hydrogens is 621 g/mol. The highest BCUT2D eigenvalue weighted by Gasteiger charge is 2.17. The number of rotatable bonds is 4. The van der Waals surface area contributed by atoms with Gasteiger partial charge >= 0.3 is 0 Å². The maximum atomic E-state index is 6.67.